The number of nitrogens with zero attached hydrogens (tertiary/aromatic N) is 2. The summed E-state index contributed by atoms with van der Waals surface area (Å²) in [6, 6.07) is 15.7. The van der Waals surface area contributed by atoms with Gasteiger partial charge in [-0.15, -0.1) is 0 Å². The largest absolute Gasteiger partial charge is 0.497 e. The van der Waals surface area contributed by atoms with Gasteiger partial charge in [0.05, 0.1) is 7.11 Å². The van der Waals surface area contributed by atoms with Crippen LogP contribution in [-0.2, 0) is 17.6 Å². The molecule has 0 atom stereocenters. The number of carbonyl (C=O) groups is 2. The first-order chi connectivity index (χ1) is 13.6. The Balaban J connectivity index is 1.48. The summed E-state index contributed by atoms with van der Waals surface area (Å²) < 4.78 is 5.19. The van der Waals surface area contributed by atoms with Crippen LogP contribution in [0.3, 0.4) is 0 Å². The summed E-state index contributed by atoms with van der Waals surface area (Å²) in [6.07, 6.45) is 2.29. The van der Waals surface area contributed by atoms with Gasteiger partial charge in [0.15, 0.2) is 0 Å². The van der Waals surface area contributed by atoms with Crippen molar-refractivity contribution in [3.05, 3.63) is 65.2 Å². The van der Waals surface area contributed by atoms with E-state index in [1.165, 1.54) is 11.1 Å². The van der Waals surface area contributed by atoms with E-state index < -0.39 is 0 Å². The van der Waals surface area contributed by atoms with Crippen molar-refractivity contribution in [2.45, 2.75) is 26.2 Å². The monoisotopic (exact) mass is 380 g/mol. The molecular formula is C23H28N2O3. The van der Waals surface area contributed by atoms with Crippen LogP contribution in [0.4, 0.5) is 0 Å². The summed E-state index contributed by atoms with van der Waals surface area (Å²) in [5.74, 6) is 0.821. The molecule has 0 aromatic heterocycles. The summed E-state index contributed by atoms with van der Waals surface area (Å²) in [6.45, 7) is 4.43. The summed E-state index contributed by atoms with van der Waals surface area (Å²) in [4.78, 5) is 28.9. The minimum Gasteiger partial charge on any atom is -0.497 e. The van der Waals surface area contributed by atoms with Gasteiger partial charge >= 0.3 is 0 Å². The number of rotatable bonds is 6. The van der Waals surface area contributed by atoms with Crippen LogP contribution in [0.1, 0.15) is 34.8 Å². The van der Waals surface area contributed by atoms with Gasteiger partial charge in [0, 0.05) is 38.2 Å². The minimum atomic E-state index is -0.0120. The van der Waals surface area contributed by atoms with E-state index >= 15 is 0 Å². The number of amides is 2. The highest BCUT2D eigenvalue weighted by Crippen LogP contribution is 2.16. The van der Waals surface area contributed by atoms with Crippen molar-refractivity contribution in [1.29, 1.82) is 0 Å². The smallest absolute Gasteiger partial charge is 0.254 e. The number of benzene rings is 2. The number of methoxy groups -OCH3 is 1. The van der Waals surface area contributed by atoms with Gasteiger partial charge in [0.2, 0.25) is 5.91 Å². The molecule has 0 saturated carbocycles. The lowest BCUT2D eigenvalue weighted by atomic mass is 10.1. The van der Waals surface area contributed by atoms with Crippen molar-refractivity contribution in [2.75, 3.05) is 33.3 Å². The van der Waals surface area contributed by atoms with Gasteiger partial charge in [0.25, 0.3) is 5.91 Å². The fourth-order valence-corrected chi connectivity index (χ4v) is 3.45. The van der Waals surface area contributed by atoms with Crippen molar-refractivity contribution >= 4 is 11.8 Å². The van der Waals surface area contributed by atoms with Gasteiger partial charge in [-0.3, -0.25) is 9.59 Å². The first-order valence-electron chi connectivity index (χ1n) is 9.89. The van der Waals surface area contributed by atoms with E-state index in [9.17, 15) is 9.59 Å². The zero-order valence-corrected chi connectivity index (χ0v) is 16.7. The van der Waals surface area contributed by atoms with E-state index in [1.54, 1.807) is 19.2 Å². The average Bonchev–Trinajstić information content (AvgIpc) is 2.77. The molecule has 1 aliphatic rings. The molecule has 0 spiro atoms. The zero-order valence-electron chi connectivity index (χ0n) is 16.7. The van der Waals surface area contributed by atoms with Crippen LogP contribution < -0.4 is 4.74 Å². The van der Waals surface area contributed by atoms with Gasteiger partial charge in [-0.2, -0.15) is 0 Å². The molecular weight excluding hydrogens is 352 g/mol. The predicted molar refractivity (Wildman–Crippen MR) is 110 cm³/mol. The lowest BCUT2D eigenvalue weighted by molar-refractivity contribution is -0.132. The lowest BCUT2D eigenvalue weighted by Gasteiger charge is -2.35. The molecule has 0 bridgehead atoms. The summed E-state index contributed by atoms with van der Waals surface area (Å²) >= 11 is 0. The third kappa shape index (κ3) is 4.91. The third-order valence-electron chi connectivity index (χ3n) is 5.30. The van der Waals surface area contributed by atoms with Crippen LogP contribution in [0.2, 0.25) is 0 Å². The van der Waals surface area contributed by atoms with E-state index in [0.29, 0.717) is 43.9 Å². The molecule has 1 aliphatic heterocycles. The second-order valence-corrected chi connectivity index (χ2v) is 7.07. The molecule has 2 aromatic rings. The van der Waals surface area contributed by atoms with Gasteiger partial charge in [-0.25, -0.2) is 0 Å². The molecule has 2 aromatic carbocycles. The van der Waals surface area contributed by atoms with E-state index in [1.807, 2.05) is 21.9 Å². The predicted octanol–water partition coefficient (Wildman–Crippen LogP) is 3.17. The Bertz CT molecular complexity index is 809. The number of carbonyl (C=O) groups excluding carboxylic acids is 2. The Morgan fingerprint density at radius 1 is 0.929 bits per heavy atom. The quantitative estimate of drug-likeness (QED) is 0.773. The number of hydrogen-bond donors (Lipinski definition) is 0. The van der Waals surface area contributed by atoms with Crippen molar-refractivity contribution in [2.24, 2.45) is 0 Å². The average molecular weight is 380 g/mol. The fraction of sp³-hybridized carbons (Fsp3) is 0.391. The van der Waals surface area contributed by atoms with Crippen molar-refractivity contribution in [1.82, 2.24) is 9.80 Å². The summed E-state index contributed by atoms with van der Waals surface area (Å²) in [7, 11) is 1.59. The Morgan fingerprint density at radius 3 is 2.21 bits per heavy atom. The fourth-order valence-electron chi connectivity index (χ4n) is 3.45. The number of piperazine rings is 1. The molecule has 0 unspecified atom stereocenters. The zero-order chi connectivity index (χ0) is 19.9. The normalized spacial score (nSPS) is 14.1. The molecule has 2 amide bonds. The molecule has 1 fully saturated rings. The second kappa shape index (κ2) is 9.40. The van der Waals surface area contributed by atoms with E-state index in [2.05, 4.69) is 31.2 Å². The number of hydrogen-bond acceptors (Lipinski definition) is 3. The number of ether oxygens (including phenoxy) is 1. The van der Waals surface area contributed by atoms with Crippen molar-refractivity contribution in [3.63, 3.8) is 0 Å². The van der Waals surface area contributed by atoms with Gasteiger partial charge in [-0.1, -0.05) is 37.3 Å². The molecule has 0 radical (unpaired) electrons. The Hall–Kier alpha value is -2.82. The molecule has 28 heavy (non-hydrogen) atoms. The molecule has 5 nitrogen and oxygen atoms in total. The van der Waals surface area contributed by atoms with Gasteiger partial charge in [0.1, 0.15) is 5.75 Å². The van der Waals surface area contributed by atoms with Crippen LogP contribution >= 0.6 is 0 Å². The molecule has 1 heterocycles. The van der Waals surface area contributed by atoms with E-state index in [-0.39, 0.29) is 11.8 Å². The molecule has 148 valence electrons. The van der Waals surface area contributed by atoms with Crippen LogP contribution in [0.25, 0.3) is 0 Å². The molecule has 0 aliphatic carbocycles. The van der Waals surface area contributed by atoms with E-state index in [4.69, 9.17) is 4.74 Å². The molecule has 0 N–H and O–H groups in total. The van der Waals surface area contributed by atoms with Crippen LogP contribution in [0.15, 0.2) is 48.5 Å². The standard InChI is InChI=1S/C23H28N2O3/c1-3-18-7-9-19(10-8-18)11-12-22(26)24-13-15-25(16-14-24)23(27)20-5-4-6-21(17-20)28-2/h4-10,17H,3,11-16H2,1-2H3. The maximum atomic E-state index is 12.7. The third-order valence-corrected chi connectivity index (χ3v) is 5.30. The highest BCUT2D eigenvalue weighted by Gasteiger charge is 2.24. The number of aryl methyl sites for hydroxylation is 2. The lowest BCUT2D eigenvalue weighted by Crippen LogP contribution is -2.50. The van der Waals surface area contributed by atoms with Crippen LogP contribution in [0, 0.1) is 0 Å². The summed E-state index contributed by atoms with van der Waals surface area (Å²) in [5.41, 5.74) is 3.12. The van der Waals surface area contributed by atoms with E-state index in [0.717, 1.165) is 12.8 Å². The van der Waals surface area contributed by atoms with Gasteiger partial charge in [-0.05, 0) is 42.2 Å². The Labute approximate surface area is 166 Å². The van der Waals surface area contributed by atoms with Crippen molar-refractivity contribution in [3.8, 4) is 5.75 Å². The molecule has 1 saturated heterocycles. The van der Waals surface area contributed by atoms with Crippen molar-refractivity contribution < 1.29 is 14.3 Å². The topological polar surface area (TPSA) is 49.9 Å². The maximum absolute atomic E-state index is 12.7. The molecule has 3 rings (SSSR count). The first-order valence-corrected chi connectivity index (χ1v) is 9.89. The maximum Gasteiger partial charge on any atom is 0.254 e. The first kappa shape index (κ1) is 19.9. The molecule has 5 heteroatoms. The van der Waals surface area contributed by atoms with Gasteiger partial charge < -0.3 is 14.5 Å². The SMILES string of the molecule is CCc1ccc(CCC(=O)N2CCN(C(=O)c3cccc(OC)c3)CC2)cc1. The highest BCUT2D eigenvalue weighted by atomic mass is 16.5. The minimum absolute atomic E-state index is 0.0120. The Morgan fingerprint density at radius 2 is 1.57 bits per heavy atom. The second-order valence-electron chi connectivity index (χ2n) is 7.07. The highest BCUT2D eigenvalue weighted by molar-refractivity contribution is 5.94. The van der Waals surface area contributed by atoms with Crippen LogP contribution in [0.5, 0.6) is 5.75 Å². The summed E-state index contributed by atoms with van der Waals surface area (Å²) in [5, 5.41) is 0. The van der Waals surface area contributed by atoms with Crippen LogP contribution in [-0.4, -0.2) is 54.9 Å². The Kier molecular flexibility index (Phi) is 6.69.